The monoisotopic (exact) mass is 380 g/mol. The molecule has 0 aliphatic rings. The van der Waals surface area contributed by atoms with E-state index in [1.807, 2.05) is 70.2 Å². The SMILES string of the molecule is CC[C@@H](C)NC(=O)[C@H](C)N(Cc1ccccc1)C(=O)Cc1cc(C)cc(C)c1. The zero-order chi connectivity index (χ0) is 20.7. The number of hydrogen-bond donors (Lipinski definition) is 1. The van der Waals surface area contributed by atoms with Crippen molar-refractivity contribution in [3.05, 3.63) is 70.8 Å². The molecule has 4 heteroatoms. The highest BCUT2D eigenvalue weighted by molar-refractivity contribution is 5.88. The van der Waals surface area contributed by atoms with E-state index in [4.69, 9.17) is 0 Å². The number of rotatable bonds is 8. The first-order chi connectivity index (χ1) is 13.3. The molecule has 0 aliphatic carbocycles. The Balaban J connectivity index is 2.23. The van der Waals surface area contributed by atoms with Crippen molar-refractivity contribution < 1.29 is 9.59 Å². The molecular formula is C24H32N2O2. The zero-order valence-corrected chi connectivity index (χ0v) is 17.7. The summed E-state index contributed by atoms with van der Waals surface area (Å²) in [7, 11) is 0. The Morgan fingerprint density at radius 1 is 0.964 bits per heavy atom. The molecule has 2 aromatic rings. The molecule has 0 saturated carbocycles. The largest absolute Gasteiger partial charge is 0.352 e. The highest BCUT2D eigenvalue weighted by atomic mass is 16.2. The molecule has 0 radical (unpaired) electrons. The fraction of sp³-hybridized carbons (Fsp3) is 0.417. The van der Waals surface area contributed by atoms with Crippen LogP contribution in [0.4, 0.5) is 0 Å². The van der Waals surface area contributed by atoms with Gasteiger partial charge in [0.2, 0.25) is 11.8 Å². The minimum Gasteiger partial charge on any atom is -0.352 e. The molecule has 2 amide bonds. The highest BCUT2D eigenvalue weighted by Crippen LogP contribution is 2.15. The molecule has 0 aliphatic heterocycles. The van der Waals surface area contributed by atoms with Gasteiger partial charge in [0, 0.05) is 12.6 Å². The Morgan fingerprint density at radius 3 is 2.14 bits per heavy atom. The number of nitrogens with zero attached hydrogens (tertiary/aromatic N) is 1. The van der Waals surface area contributed by atoms with Gasteiger partial charge in [-0.3, -0.25) is 9.59 Å². The Labute approximate surface area is 169 Å². The minimum atomic E-state index is -0.535. The van der Waals surface area contributed by atoms with Gasteiger partial charge in [-0.05, 0) is 45.2 Å². The lowest BCUT2D eigenvalue weighted by Gasteiger charge is -2.30. The summed E-state index contributed by atoms with van der Waals surface area (Å²) in [4.78, 5) is 27.6. The topological polar surface area (TPSA) is 49.4 Å². The van der Waals surface area contributed by atoms with Gasteiger partial charge in [0.25, 0.3) is 0 Å². The first-order valence-corrected chi connectivity index (χ1v) is 10.0. The Morgan fingerprint density at radius 2 is 1.57 bits per heavy atom. The summed E-state index contributed by atoms with van der Waals surface area (Å²) < 4.78 is 0. The van der Waals surface area contributed by atoms with Gasteiger partial charge in [0.05, 0.1) is 6.42 Å². The van der Waals surface area contributed by atoms with Crippen molar-refractivity contribution in [1.29, 1.82) is 0 Å². The lowest BCUT2D eigenvalue weighted by Crippen LogP contribution is -2.49. The summed E-state index contributed by atoms with van der Waals surface area (Å²) >= 11 is 0. The van der Waals surface area contributed by atoms with E-state index < -0.39 is 6.04 Å². The number of carbonyl (C=O) groups is 2. The standard InChI is InChI=1S/C24H32N2O2/c1-6-19(4)25-24(28)20(5)26(16-21-10-8-7-9-11-21)23(27)15-22-13-17(2)12-18(3)14-22/h7-14,19-20H,6,15-16H2,1-5H3,(H,25,28)/t19-,20+/m1/s1. The van der Waals surface area contributed by atoms with Gasteiger partial charge >= 0.3 is 0 Å². The van der Waals surface area contributed by atoms with E-state index in [0.29, 0.717) is 6.54 Å². The first kappa shape index (κ1) is 21.7. The second-order valence-corrected chi connectivity index (χ2v) is 7.67. The van der Waals surface area contributed by atoms with Crippen LogP contribution in [0.15, 0.2) is 48.5 Å². The van der Waals surface area contributed by atoms with E-state index in [2.05, 4.69) is 11.4 Å². The molecule has 0 heterocycles. The maximum Gasteiger partial charge on any atom is 0.242 e. The minimum absolute atomic E-state index is 0.0411. The van der Waals surface area contributed by atoms with Crippen LogP contribution in [0.1, 0.15) is 49.4 Å². The van der Waals surface area contributed by atoms with Crippen LogP contribution in [0.5, 0.6) is 0 Å². The number of hydrogen-bond acceptors (Lipinski definition) is 2. The van der Waals surface area contributed by atoms with E-state index in [9.17, 15) is 9.59 Å². The Bertz CT molecular complexity index is 781. The third-order valence-electron chi connectivity index (χ3n) is 5.00. The Kier molecular flexibility index (Phi) is 7.80. The molecule has 0 spiro atoms. The molecule has 2 aromatic carbocycles. The summed E-state index contributed by atoms with van der Waals surface area (Å²) in [5.41, 5.74) is 4.27. The van der Waals surface area contributed by atoms with Crippen molar-refractivity contribution >= 4 is 11.8 Å². The van der Waals surface area contributed by atoms with Gasteiger partial charge < -0.3 is 10.2 Å². The van der Waals surface area contributed by atoms with Crippen molar-refractivity contribution in [3.8, 4) is 0 Å². The third-order valence-corrected chi connectivity index (χ3v) is 5.00. The molecule has 2 rings (SSSR count). The van der Waals surface area contributed by atoms with Crippen LogP contribution < -0.4 is 5.32 Å². The average Bonchev–Trinajstić information content (AvgIpc) is 2.65. The summed E-state index contributed by atoms with van der Waals surface area (Å²) in [5.74, 6) is -0.153. The predicted molar refractivity (Wildman–Crippen MR) is 114 cm³/mol. The van der Waals surface area contributed by atoms with Crippen molar-refractivity contribution in [1.82, 2.24) is 10.2 Å². The van der Waals surface area contributed by atoms with E-state index in [0.717, 1.165) is 28.7 Å². The second-order valence-electron chi connectivity index (χ2n) is 7.67. The molecule has 0 bridgehead atoms. The maximum absolute atomic E-state index is 13.2. The van der Waals surface area contributed by atoms with Crippen LogP contribution in [0.2, 0.25) is 0 Å². The smallest absolute Gasteiger partial charge is 0.242 e. The van der Waals surface area contributed by atoms with E-state index in [1.165, 1.54) is 0 Å². The fourth-order valence-electron chi connectivity index (χ4n) is 3.28. The van der Waals surface area contributed by atoms with Crippen LogP contribution in [0.25, 0.3) is 0 Å². The van der Waals surface area contributed by atoms with Crippen LogP contribution in [-0.4, -0.2) is 28.8 Å². The van der Waals surface area contributed by atoms with Gasteiger partial charge in [-0.15, -0.1) is 0 Å². The van der Waals surface area contributed by atoms with Crippen molar-refractivity contribution in [2.24, 2.45) is 0 Å². The van der Waals surface area contributed by atoms with Gasteiger partial charge in [-0.1, -0.05) is 66.6 Å². The maximum atomic E-state index is 13.2. The van der Waals surface area contributed by atoms with Crippen LogP contribution in [-0.2, 0) is 22.6 Å². The molecular weight excluding hydrogens is 348 g/mol. The highest BCUT2D eigenvalue weighted by Gasteiger charge is 2.26. The number of benzene rings is 2. The van der Waals surface area contributed by atoms with E-state index in [-0.39, 0.29) is 24.3 Å². The second kappa shape index (κ2) is 10.1. The van der Waals surface area contributed by atoms with Crippen LogP contribution in [0.3, 0.4) is 0 Å². The fourth-order valence-corrected chi connectivity index (χ4v) is 3.28. The number of amides is 2. The molecule has 0 fully saturated rings. The molecule has 0 unspecified atom stereocenters. The van der Waals surface area contributed by atoms with E-state index >= 15 is 0 Å². The molecule has 4 nitrogen and oxygen atoms in total. The number of carbonyl (C=O) groups excluding carboxylic acids is 2. The average molecular weight is 381 g/mol. The third kappa shape index (κ3) is 6.22. The normalized spacial score (nSPS) is 12.9. The zero-order valence-electron chi connectivity index (χ0n) is 17.7. The molecule has 0 saturated heterocycles. The van der Waals surface area contributed by atoms with Crippen LogP contribution >= 0.6 is 0 Å². The number of aryl methyl sites for hydroxylation is 2. The van der Waals surface area contributed by atoms with E-state index in [1.54, 1.807) is 11.8 Å². The molecule has 1 N–H and O–H groups in total. The molecule has 2 atom stereocenters. The van der Waals surface area contributed by atoms with Gasteiger partial charge in [-0.2, -0.15) is 0 Å². The molecule has 150 valence electrons. The van der Waals surface area contributed by atoms with Gasteiger partial charge in [0.15, 0.2) is 0 Å². The first-order valence-electron chi connectivity index (χ1n) is 10.0. The van der Waals surface area contributed by atoms with Gasteiger partial charge in [0.1, 0.15) is 6.04 Å². The summed E-state index contributed by atoms with van der Waals surface area (Å²) in [6.45, 7) is 10.3. The molecule has 0 aromatic heterocycles. The summed E-state index contributed by atoms with van der Waals surface area (Å²) in [6, 6.07) is 15.5. The van der Waals surface area contributed by atoms with Crippen molar-refractivity contribution in [2.75, 3.05) is 0 Å². The molecule has 28 heavy (non-hydrogen) atoms. The van der Waals surface area contributed by atoms with Gasteiger partial charge in [-0.25, -0.2) is 0 Å². The lowest BCUT2D eigenvalue weighted by molar-refractivity contribution is -0.140. The quantitative estimate of drug-likeness (QED) is 0.747. The van der Waals surface area contributed by atoms with Crippen molar-refractivity contribution in [3.63, 3.8) is 0 Å². The summed E-state index contributed by atoms with van der Waals surface area (Å²) in [6.07, 6.45) is 1.14. The van der Waals surface area contributed by atoms with Crippen molar-refractivity contribution in [2.45, 2.75) is 66.1 Å². The number of nitrogens with one attached hydrogen (secondary N) is 1. The predicted octanol–water partition coefficient (Wildman–Crippen LogP) is 4.18. The Hall–Kier alpha value is -2.62. The summed E-state index contributed by atoms with van der Waals surface area (Å²) in [5, 5.41) is 3.00. The lowest BCUT2D eigenvalue weighted by atomic mass is 10.0. The van der Waals surface area contributed by atoms with Crippen LogP contribution in [0, 0.1) is 13.8 Å².